The lowest BCUT2D eigenvalue weighted by molar-refractivity contribution is 0.0320. The van der Waals surface area contributed by atoms with Gasteiger partial charge in [-0.25, -0.2) is 4.79 Å². The minimum atomic E-state index is -0.889. The number of benzene rings is 2. The third-order valence-electron chi connectivity index (χ3n) is 6.13. The number of nitrogens with one attached hydrogen (secondary N) is 1. The lowest BCUT2D eigenvalue weighted by atomic mass is 9.97. The van der Waals surface area contributed by atoms with Gasteiger partial charge in [0.05, 0.1) is 11.1 Å². The van der Waals surface area contributed by atoms with Gasteiger partial charge in [0.15, 0.2) is 6.10 Å². The molecule has 0 bridgehead atoms. The second-order valence-corrected chi connectivity index (χ2v) is 8.15. The Bertz CT molecular complexity index is 1300. The zero-order chi connectivity index (χ0) is 21.4. The molecule has 2 aromatic carbocycles. The van der Waals surface area contributed by atoms with Crippen LogP contribution in [0.5, 0.6) is 0 Å². The Labute approximate surface area is 180 Å². The minimum absolute atomic E-state index is 0.213. The highest BCUT2D eigenvalue weighted by Crippen LogP contribution is 2.30. The molecule has 1 unspecified atom stereocenters. The maximum atomic E-state index is 13.4. The van der Waals surface area contributed by atoms with E-state index >= 15 is 0 Å². The number of carbonyl (C=O) groups is 2. The first-order chi connectivity index (χ1) is 15.1. The third kappa shape index (κ3) is 3.50. The topological polar surface area (TPSA) is 72.0 Å². The number of H-pyrrole nitrogens is 1. The molecule has 0 fully saturated rings. The van der Waals surface area contributed by atoms with Crippen molar-refractivity contribution in [3.63, 3.8) is 0 Å². The first-order valence-corrected chi connectivity index (χ1v) is 10.9. The van der Waals surface area contributed by atoms with Gasteiger partial charge >= 0.3 is 5.97 Å². The number of hydrogen-bond donors (Lipinski definition) is 1. The Balaban J connectivity index is 1.50. The molecule has 0 saturated carbocycles. The van der Waals surface area contributed by atoms with Crippen LogP contribution in [0.25, 0.3) is 21.8 Å². The Morgan fingerprint density at radius 3 is 2.58 bits per heavy atom. The molecular formula is C26H24N2O3. The number of esters is 1. The van der Waals surface area contributed by atoms with Crippen LogP contribution in [-0.2, 0) is 17.6 Å². The van der Waals surface area contributed by atoms with Gasteiger partial charge in [-0.1, -0.05) is 42.8 Å². The highest BCUT2D eigenvalue weighted by molar-refractivity contribution is 6.11. The second-order valence-electron chi connectivity index (χ2n) is 8.15. The number of aryl methyl sites for hydroxylation is 1. The molecule has 0 radical (unpaired) electrons. The highest BCUT2D eigenvalue weighted by Gasteiger charge is 2.27. The first kappa shape index (κ1) is 19.5. The molecule has 1 N–H and O–H groups in total. The van der Waals surface area contributed by atoms with Crippen molar-refractivity contribution in [2.45, 2.75) is 45.1 Å². The van der Waals surface area contributed by atoms with Gasteiger partial charge in [0, 0.05) is 33.7 Å². The standard InChI is InChI=1S/C26H24N2O3/c1-16(25(29)20-15-27-21-12-7-5-9-17(20)21)31-26(30)24-18-10-3-2-4-13-22(18)28-23-14-8-6-11-19(23)24/h5-9,11-12,14-16,27H,2-4,10,13H2,1H3. The van der Waals surface area contributed by atoms with Crippen molar-refractivity contribution >= 4 is 33.6 Å². The fourth-order valence-corrected chi connectivity index (χ4v) is 4.55. The number of hydrogen-bond acceptors (Lipinski definition) is 4. The van der Waals surface area contributed by atoms with E-state index in [0.717, 1.165) is 65.2 Å². The fraction of sp³-hybridized carbons (Fsp3) is 0.269. The first-order valence-electron chi connectivity index (χ1n) is 10.9. The van der Waals surface area contributed by atoms with Crippen molar-refractivity contribution in [2.24, 2.45) is 0 Å². The van der Waals surface area contributed by atoms with Gasteiger partial charge in [-0.3, -0.25) is 9.78 Å². The average Bonchev–Trinajstić information content (AvgIpc) is 3.08. The zero-order valence-electron chi connectivity index (χ0n) is 17.5. The van der Waals surface area contributed by atoms with Crippen molar-refractivity contribution in [3.8, 4) is 0 Å². The Hall–Kier alpha value is -3.47. The van der Waals surface area contributed by atoms with Gasteiger partial charge < -0.3 is 9.72 Å². The molecule has 2 heterocycles. The molecule has 5 nitrogen and oxygen atoms in total. The zero-order valence-corrected chi connectivity index (χ0v) is 17.5. The summed E-state index contributed by atoms with van der Waals surface area (Å²) in [7, 11) is 0. The highest BCUT2D eigenvalue weighted by atomic mass is 16.5. The van der Waals surface area contributed by atoms with Crippen LogP contribution < -0.4 is 0 Å². The summed E-state index contributed by atoms with van der Waals surface area (Å²) in [5.41, 5.74) is 4.75. The smallest absolute Gasteiger partial charge is 0.339 e. The molecule has 156 valence electrons. The van der Waals surface area contributed by atoms with E-state index in [1.807, 2.05) is 48.5 Å². The van der Waals surface area contributed by atoms with Gasteiger partial charge in [-0.15, -0.1) is 0 Å². The molecule has 1 aliphatic rings. The van der Waals surface area contributed by atoms with Gasteiger partial charge in [-0.05, 0) is 50.3 Å². The van der Waals surface area contributed by atoms with Crippen molar-refractivity contribution < 1.29 is 14.3 Å². The van der Waals surface area contributed by atoms with E-state index in [9.17, 15) is 9.59 Å². The largest absolute Gasteiger partial charge is 0.451 e. The van der Waals surface area contributed by atoms with Gasteiger partial charge in [0.2, 0.25) is 5.78 Å². The number of ketones is 1. The molecule has 5 rings (SSSR count). The number of para-hydroxylation sites is 2. The Morgan fingerprint density at radius 2 is 1.71 bits per heavy atom. The monoisotopic (exact) mass is 412 g/mol. The number of nitrogens with zero attached hydrogens (tertiary/aromatic N) is 1. The molecule has 1 atom stereocenters. The average molecular weight is 412 g/mol. The molecule has 0 spiro atoms. The number of pyridine rings is 1. The number of rotatable bonds is 4. The molecule has 5 heteroatoms. The minimum Gasteiger partial charge on any atom is -0.451 e. The van der Waals surface area contributed by atoms with E-state index in [2.05, 4.69) is 4.98 Å². The number of carbonyl (C=O) groups excluding carboxylic acids is 2. The van der Waals surface area contributed by atoms with Crippen LogP contribution in [0.2, 0.25) is 0 Å². The van der Waals surface area contributed by atoms with E-state index in [4.69, 9.17) is 9.72 Å². The van der Waals surface area contributed by atoms with E-state index in [-0.39, 0.29) is 5.78 Å². The molecule has 0 aliphatic heterocycles. The van der Waals surface area contributed by atoms with Crippen LogP contribution in [-0.4, -0.2) is 27.8 Å². The summed E-state index contributed by atoms with van der Waals surface area (Å²) >= 11 is 0. The fourth-order valence-electron chi connectivity index (χ4n) is 4.55. The van der Waals surface area contributed by atoms with Gasteiger partial charge in [0.25, 0.3) is 0 Å². The number of fused-ring (bicyclic) bond motifs is 3. The number of aromatic amines is 1. The van der Waals surface area contributed by atoms with E-state index in [1.54, 1.807) is 13.1 Å². The van der Waals surface area contributed by atoms with Crippen molar-refractivity contribution in [2.75, 3.05) is 0 Å². The van der Waals surface area contributed by atoms with Crippen molar-refractivity contribution in [1.29, 1.82) is 0 Å². The Kier molecular flexibility index (Phi) is 5.02. The number of aromatic nitrogens is 2. The predicted molar refractivity (Wildman–Crippen MR) is 121 cm³/mol. The summed E-state index contributed by atoms with van der Waals surface area (Å²) in [5.74, 6) is -0.660. The summed E-state index contributed by atoms with van der Waals surface area (Å²) in [5, 5.41) is 1.62. The summed E-state index contributed by atoms with van der Waals surface area (Å²) in [4.78, 5) is 34.4. The van der Waals surface area contributed by atoms with E-state index in [1.165, 1.54) is 0 Å². The van der Waals surface area contributed by atoms with E-state index in [0.29, 0.717) is 11.1 Å². The summed E-state index contributed by atoms with van der Waals surface area (Å²) in [6.07, 6.45) is 5.69. The van der Waals surface area contributed by atoms with Crippen LogP contribution in [0.3, 0.4) is 0 Å². The lowest BCUT2D eigenvalue weighted by Crippen LogP contribution is -2.25. The Morgan fingerprint density at radius 1 is 0.968 bits per heavy atom. The third-order valence-corrected chi connectivity index (χ3v) is 6.13. The van der Waals surface area contributed by atoms with E-state index < -0.39 is 12.1 Å². The van der Waals surface area contributed by atoms with Gasteiger partial charge in [0.1, 0.15) is 0 Å². The molecule has 2 aromatic heterocycles. The molecule has 31 heavy (non-hydrogen) atoms. The molecule has 4 aromatic rings. The summed E-state index contributed by atoms with van der Waals surface area (Å²) in [6, 6.07) is 15.3. The van der Waals surface area contributed by atoms with Crippen LogP contribution in [0.15, 0.2) is 54.7 Å². The normalized spacial score (nSPS) is 14.7. The van der Waals surface area contributed by atoms with Gasteiger partial charge in [-0.2, -0.15) is 0 Å². The van der Waals surface area contributed by atoms with Crippen molar-refractivity contribution in [3.05, 3.63) is 77.1 Å². The summed E-state index contributed by atoms with van der Waals surface area (Å²) in [6.45, 7) is 1.64. The maximum absolute atomic E-state index is 13.4. The van der Waals surface area contributed by atoms with Crippen LogP contribution in [0.4, 0.5) is 0 Å². The molecular weight excluding hydrogens is 388 g/mol. The predicted octanol–water partition coefficient (Wildman–Crippen LogP) is 5.41. The van der Waals surface area contributed by atoms with Crippen LogP contribution in [0, 0.1) is 0 Å². The van der Waals surface area contributed by atoms with Crippen molar-refractivity contribution in [1.82, 2.24) is 9.97 Å². The number of Topliss-reactive ketones (excluding diaryl/α,β-unsaturated/α-hetero) is 1. The number of ether oxygens (including phenoxy) is 1. The van der Waals surface area contributed by atoms with Crippen LogP contribution in [0.1, 0.15) is 58.2 Å². The quantitative estimate of drug-likeness (QED) is 0.276. The summed E-state index contributed by atoms with van der Waals surface area (Å²) < 4.78 is 5.76. The maximum Gasteiger partial charge on any atom is 0.339 e. The molecule has 0 amide bonds. The molecule has 0 saturated heterocycles. The van der Waals surface area contributed by atoms with Crippen LogP contribution >= 0.6 is 0 Å². The molecule has 1 aliphatic carbocycles. The lowest BCUT2D eigenvalue weighted by Gasteiger charge is -2.17. The second kappa shape index (κ2) is 7.99. The SMILES string of the molecule is CC(OC(=O)c1c2c(nc3ccccc13)CCCCC2)C(=O)c1c[nH]c2ccccc12.